The summed E-state index contributed by atoms with van der Waals surface area (Å²) in [6.45, 7) is 7.29. The van der Waals surface area contributed by atoms with E-state index < -0.39 is 6.10 Å². The summed E-state index contributed by atoms with van der Waals surface area (Å²) in [4.78, 5) is 0. The molecule has 0 saturated carbocycles. The van der Waals surface area contributed by atoms with E-state index in [-0.39, 0.29) is 11.6 Å². The van der Waals surface area contributed by atoms with Crippen molar-refractivity contribution in [1.82, 2.24) is 5.32 Å². The Morgan fingerprint density at radius 2 is 1.62 bits per heavy atom. The highest BCUT2D eigenvalue weighted by atomic mass is 16.5. The molecule has 3 nitrogen and oxygen atoms in total. The fourth-order valence-corrected chi connectivity index (χ4v) is 3.72. The summed E-state index contributed by atoms with van der Waals surface area (Å²) >= 11 is 0. The highest BCUT2D eigenvalue weighted by molar-refractivity contribution is 5.83. The average Bonchev–Trinajstić information content (AvgIpc) is 2.73. The third kappa shape index (κ3) is 6.40. The minimum atomic E-state index is -0.538. The zero-order valence-corrected chi connectivity index (χ0v) is 17.8. The minimum Gasteiger partial charge on any atom is -0.389 e. The van der Waals surface area contributed by atoms with Gasteiger partial charge in [-0.1, -0.05) is 79.7 Å². The van der Waals surface area contributed by atoms with Crippen molar-refractivity contribution in [2.45, 2.75) is 51.4 Å². The van der Waals surface area contributed by atoms with Crippen LogP contribution in [0, 0.1) is 0 Å². The molecule has 0 radical (unpaired) electrons. The Balaban J connectivity index is 1.49. The van der Waals surface area contributed by atoms with Crippen molar-refractivity contribution in [3.05, 3.63) is 83.9 Å². The Bertz CT molecular complexity index is 891. The second-order valence-corrected chi connectivity index (χ2v) is 8.42. The van der Waals surface area contributed by atoms with Crippen molar-refractivity contribution in [3.8, 4) is 0 Å². The van der Waals surface area contributed by atoms with Gasteiger partial charge in [-0.05, 0) is 48.6 Å². The SMILES string of the molecule is CCC(OCC(O)CNC(C)(C)Cc1ccc2ccccc2c1)c1ccccc1. The molecule has 2 unspecified atom stereocenters. The maximum atomic E-state index is 10.4. The number of aliphatic hydroxyl groups excluding tert-OH is 1. The first kappa shape index (κ1) is 21.5. The van der Waals surface area contributed by atoms with Crippen molar-refractivity contribution in [2.24, 2.45) is 0 Å². The number of hydrogen-bond donors (Lipinski definition) is 2. The fourth-order valence-electron chi connectivity index (χ4n) is 3.72. The topological polar surface area (TPSA) is 41.5 Å². The maximum absolute atomic E-state index is 10.4. The van der Waals surface area contributed by atoms with Crippen LogP contribution in [0.5, 0.6) is 0 Å². The lowest BCUT2D eigenvalue weighted by molar-refractivity contribution is -0.0132. The molecule has 29 heavy (non-hydrogen) atoms. The first-order chi connectivity index (χ1) is 14.0. The van der Waals surface area contributed by atoms with Gasteiger partial charge in [0.2, 0.25) is 0 Å². The first-order valence-electron chi connectivity index (χ1n) is 10.5. The van der Waals surface area contributed by atoms with Crippen molar-refractivity contribution in [2.75, 3.05) is 13.2 Å². The van der Waals surface area contributed by atoms with Crippen LogP contribution in [0.1, 0.15) is 44.4 Å². The zero-order valence-electron chi connectivity index (χ0n) is 17.8. The molecule has 0 bridgehead atoms. The Labute approximate surface area is 174 Å². The molecule has 0 saturated heterocycles. The molecule has 3 heteroatoms. The molecule has 0 fully saturated rings. The fraction of sp³-hybridized carbons (Fsp3) is 0.385. The minimum absolute atomic E-state index is 0.0245. The van der Waals surface area contributed by atoms with Gasteiger partial charge >= 0.3 is 0 Å². The molecule has 0 aliphatic rings. The van der Waals surface area contributed by atoms with Gasteiger partial charge < -0.3 is 15.2 Å². The molecular weight excluding hydrogens is 358 g/mol. The van der Waals surface area contributed by atoms with E-state index in [1.54, 1.807) is 0 Å². The predicted molar refractivity (Wildman–Crippen MR) is 121 cm³/mol. The largest absolute Gasteiger partial charge is 0.389 e. The lowest BCUT2D eigenvalue weighted by Gasteiger charge is -2.28. The van der Waals surface area contributed by atoms with Gasteiger partial charge in [0.05, 0.1) is 18.8 Å². The Morgan fingerprint density at radius 1 is 0.931 bits per heavy atom. The van der Waals surface area contributed by atoms with Crippen LogP contribution in [-0.2, 0) is 11.2 Å². The molecular formula is C26H33NO2. The second-order valence-electron chi connectivity index (χ2n) is 8.42. The summed E-state index contributed by atoms with van der Waals surface area (Å²) in [6.07, 6.45) is 1.27. The third-order valence-electron chi connectivity index (χ3n) is 5.31. The quantitative estimate of drug-likeness (QED) is 0.494. The molecule has 2 atom stereocenters. The van der Waals surface area contributed by atoms with Crippen molar-refractivity contribution >= 4 is 10.8 Å². The predicted octanol–water partition coefficient (Wildman–Crippen LogP) is 5.28. The normalized spacial score (nSPS) is 14.1. The van der Waals surface area contributed by atoms with Crippen molar-refractivity contribution in [3.63, 3.8) is 0 Å². The van der Waals surface area contributed by atoms with Gasteiger partial charge in [0.15, 0.2) is 0 Å². The molecule has 3 aromatic rings. The van der Waals surface area contributed by atoms with E-state index >= 15 is 0 Å². The standard InChI is InChI=1S/C26H33NO2/c1-4-25(22-11-6-5-7-12-22)29-19-24(28)18-27-26(2,3)17-20-14-15-21-10-8-9-13-23(21)16-20/h5-16,24-25,27-28H,4,17-19H2,1-3H3. The molecule has 2 N–H and O–H groups in total. The van der Waals surface area contributed by atoms with Crippen LogP contribution in [0.2, 0.25) is 0 Å². The van der Waals surface area contributed by atoms with Crippen LogP contribution < -0.4 is 5.32 Å². The number of nitrogens with one attached hydrogen (secondary N) is 1. The number of fused-ring (bicyclic) bond motifs is 1. The van der Waals surface area contributed by atoms with E-state index in [1.165, 1.54) is 16.3 Å². The lowest BCUT2D eigenvalue weighted by atomic mass is 9.93. The molecule has 154 valence electrons. The van der Waals surface area contributed by atoms with E-state index in [2.05, 4.69) is 80.7 Å². The van der Waals surface area contributed by atoms with E-state index in [1.807, 2.05) is 18.2 Å². The number of β-amino-alcohol motifs (C(OH)–C–C–N with tert-alkyl or cyclic N) is 1. The van der Waals surface area contributed by atoms with E-state index in [4.69, 9.17) is 4.74 Å². The highest BCUT2D eigenvalue weighted by Crippen LogP contribution is 2.21. The molecule has 3 rings (SSSR count). The maximum Gasteiger partial charge on any atom is 0.0898 e. The summed E-state index contributed by atoms with van der Waals surface area (Å²) in [6, 6.07) is 25.3. The van der Waals surface area contributed by atoms with E-state index in [0.717, 1.165) is 18.4 Å². The van der Waals surface area contributed by atoms with E-state index in [0.29, 0.717) is 13.2 Å². The van der Waals surface area contributed by atoms with Crippen LogP contribution in [0.4, 0.5) is 0 Å². The van der Waals surface area contributed by atoms with E-state index in [9.17, 15) is 5.11 Å². The smallest absolute Gasteiger partial charge is 0.0898 e. The Kier molecular flexibility index (Phi) is 7.43. The highest BCUT2D eigenvalue weighted by Gasteiger charge is 2.20. The molecule has 0 aliphatic carbocycles. The van der Waals surface area contributed by atoms with Gasteiger partial charge in [-0.3, -0.25) is 0 Å². The van der Waals surface area contributed by atoms with Crippen LogP contribution in [0.3, 0.4) is 0 Å². The van der Waals surface area contributed by atoms with Crippen LogP contribution in [0.25, 0.3) is 10.8 Å². The number of rotatable bonds is 10. The Hall–Kier alpha value is -2.20. The third-order valence-corrected chi connectivity index (χ3v) is 5.31. The summed E-state index contributed by atoms with van der Waals surface area (Å²) in [7, 11) is 0. The zero-order chi connectivity index (χ0) is 20.7. The van der Waals surface area contributed by atoms with Gasteiger partial charge in [-0.25, -0.2) is 0 Å². The summed E-state index contributed by atoms with van der Waals surface area (Å²) in [5.74, 6) is 0. The molecule has 3 aromatic carbocycles. The number of benzene rings is 3. The van der Waals surface area contributed by atoms with Gasteiger partial charge in [0, 0.05) is 12.1 Å². The average molecular weight is 392 g/mol. The molecule has 0 spiro atoms. The van der Waals surface area contributed by atoms with Crippen molar-refractivity contribution < 1.29 is 9.84 Å². The van der Waals surface area contributed by atoms with Crippen LogP contribution in [-0.4, -0.2) is 29.9 Å². The lowest BCUT2D eigenvalue weighted by Crippen LogP contribution is -2.46. The summed E-state index contributed by atoms with van der Waals surface area (Å²) < 4.78 is 5.98. The monoisotopic (exact) mass is 391 g/mol. The molecule has 0 aromatic heterocycles. The van der Waals surface area contributed by atoms with Crippen LogP contribution >= 0.6 is 0 Å². The molecule has 0 heterocycles. The van der Waals surface area contributed by atoms with Crippen LogP contribution in [0.15, 0.2) is 72.8 Å². The summed E-state index contributed by atoms with van der Waals surface area (Å²) in [5.41, 5.74) is 2.33. The van der Waals surface area contributed by atoms with Gasteiger partial charge in [-0.2, -0.15) is 0 Å². The van der Waals surface area contributed by atoms with Gasteiger partial charge in [0.25, 0.3) is 0 Å². The number of aliphatic hydroxyl groups is 1. The number of hydrogen-bond acceptors (Lipinski definition) is 3. The second kappa shape index (κ2) is 10.0. The van der Waals surface area contributed by atoms with Gasteiger partial charge in [0.1, 0.15) is 0 Å². The van der Waals surface area contributed by atoms with Gasteiger partial charge in [-0.15, -0.1) is 0 Å². The summed E-state index contributed by atoms with van der Waals surface area (Å²) in [5, 5.41) is 16.5. The molecule has 0 aliphatic heterocycles. The first-order valence-corrected chi connectivity index (χ1v) is 10.5. The Morgan fingerprint density at radius 3 is 2.34 bits per heavy atom. The van der Waals surface area contributed by atoms with Crippen molar-refractivity contribution in [1.29, 1.82) is 0 Å². The number of ether oxygens (including phenoxy) is 1. The molecule has 0 amide bonds.